The first-order chi connectivity index (χ1) is 36.7. The molecule has 2 aromatic carbocycles. The quantitative estimate of drug-likeness (QED) is 0.0524. The number of halogens is 4. The van der Waals surface area contributed by atoms with Gasteiger partial charge in [-0.3, -0.25) is 4.79 Å². The van der Waals surface area contributed by atoms with E-state index in [1.165, 1.54) is 6.07 Å². The van der Waals surface area contributed by atoms with Crippen molar-refractivity contribution >= 4 is 30.1 Å². The van der Waals surface area contributed by atoms with Crippen molar-refractivity contribution in [1.29, 1.82) is 0 Å². The van der Waals surface area contributed by atoms with E-state index < -0.39 is 101 Å². The van der Waals surface area contributed by atoms with Crippen molar-refractivity contribution in [3.63, 3.8) is 0 Å². The minimum Gasteiger partial charge on any atom is -0.550 e. The molecule has 2 aromatic rings. The Bertz CT molecular complexity index is 2340. The second kappa shape index (κ2) is 29.5. The van der Waals surface area contributed by atoms with Crippen LogP contribution in [-0.4, -0.2) is 118 Å². The summed E-state index contributed by atoms with van der Waals surface area (Å²) in [5.74, 6) is -6.63. The number of aliphatic hydroxyl groups is 3. The number of carbonyl (C=O) groups excluding carboxylic acids is 3. The average molecular weight is 1160 g/mol. The van der Waals surface area contributed by atoms with Crippen LogP contribution in [0.2, 0.25) is 0 Å². The molecule has 19 atom stereocenters. The number of Topliss-reactive ketones (excluding diaryl/α,β-unsaturated/α-hetero) is 1. The molecular weight excluding hydrogens is 1070 g/mol. The van der Waals surface area contributed by atoms with Crippen LogP contribution in [0.5, 0.6) is 0 Å². The van der Waals surface area contributed by atoms with E-state index in [9.17, 15) is 48.0 Å². The smallest absolute Gasteiger partial charge is 0.550 e. The number of alkyl halides is 3. The summed E-state index contributed by atoms with van der Waals surface area (Å²) in [4.78, 5) is 38.0. The van der Waals surface area contributed by atoms with E-state index in [0.29, 0.717) is 81.9 Å². The molecule has 19 heteroatoms. The molecule has 0 radical (unpaired) electrons. The van der Waals surface area contributed by atoms with Crippen LogP contribution in [0, 0.1) is 41.4 Å². The van der Waals surface area contributed by atoms with Crippen molar-refractivity contribution in [3.05, 3.63) is 83.4 Å². The Kier molecular flexibility index (Phi) is 25.9. The first-order valence-electron chi connectivity index (χ1n) is 28.7. The zero-order valence-corrected chi connectivity index (χ0v) is 52.0. The summed E-state index contributed by atoms with van der Waals surface area (Å²) in [6.07, 6.45) is 1.34. The topological polar surface area (TPSA) is 202 Å². The van der Waals surface area contributed by atoms with Gasteiger partial charge < -0.3 is 59.0 Å². The largest absolute Gasteiger partial charge is 1.00 e. The van der Waals surface area contributed by atoms with E-state index in [1.807, 2.05) is 54.5 Å². The number of ether oxygens (including phenoxy) is 6. The Morgan fingerprint density at radius 2 is 1.55 bits per heavy atom. The predicted molar refractivity (Wildman–Crippen MR) is 293 cm³/mol. The maximum Gasteiger partial charge on any atom is 1.00 e. The molecule has 7 rings (SSSR count). The molecular formula is C61H90ClF3NNaO13. The van der Waals surface area contributed by atoms with E-state index in [2.05, 4.69) is 26.1 Å². The van der Waals surface area contributed by atoms with Crippen molar-refractivity contribution in [2.75, 3.05) is 13.2 Å². The second-order valence-electron chi connectivity index (χ2n) is 23.7. The third-order valence-electron chi connectivity index (χ3n) is 18.1. The van der Waals surface area contributed by atoms with Gasteiger partial charge in [0.1, 0.15) is 18.5 Å². The van der Waals surface area contributed by atoms with E-state index in [1.54, 1.807) is 49.4 Å². The summed E-state index contributed by atoms with van der Waals surface area (Å²) in [6.45, 7) is 22.0. The average Bonchev–Trinajstić information content (AvgIpc) is 3.75. The maximum atomic E-state index is 14.4. The molecule has 4 fully saturated rings. The molecule has 0 aliphatic carbocycles. The fourth-order valence-electron chi connectivity index (χ4n) is 12.9. The number of aliphatic carboxylic acids is 1. The number of aliphatic hydroxyl groups excluding tert-OH is 2. The van der Waals surface area contributed by atoms with Gasteiger partial charge in [-0.25, -0.2) is 4.79 Å². The standard InChI is InChI=1S/C42H70O11.C19H20F3NO2.ClH.Na/c1-11-29(38(46)47)31-15-14-23(4)36(50-31)27(8)34(44)26(7)35(45)30(12-2)37-24(5)22-25(6)41(51-37)19-16-32(43)42(53-41)21-20-39(10,52-42)33-17-18-40(48,13-3)28(9)49-33;1-14(12-15-6-5-9-17(13-15)19(20,21)22)23-10-11-25-18(24)16-7-3-2-4-8-16;;/h16,19,23-34,36-37,43-44,48H,11-15,17-18,20-22H2,1-10H3,(H,46,47);2-9,13-14,23H,10-12H2,1H3;1H;/q;;;+1/p-1. The summed E-state index contributed by atoms with van der Waals surface area (Å²) in [5, 5.41) is 49.1. The summed E-state index contributed by atoms with van der Waals surface area (Å²) in [6, 6.07) is 13.9. The number of hydrogen-bond acceptors (Lipinski definition) is 14. The van der Waals surface area contributed by atoms with E-state index in [4.69, 9.17) is 28.4 Å². The van der Waals surface area contributed by atoms with Gasteiger partial charge in [0.05, 0.1) is 59.0 Å². The fourth-order valence-corrected chi connectivity index (χ4v) is 12.9. The van der Waals surface area contributed by atoms with Gasteiger partial charge in [-0.15, -0.1) is 12.4 Å². The van der Waals surface area contributed by atoms with Gasteiger partial charge in [0.2, 0.25) is 5.79 Å². The molecule has 14 nitrogen and oxygen atoms in total. The van der Waals surface area contributed by atoms with Crippen LogP contribution in [0.3, 0.4) is 0 Å². The third-order valence-corrected chi connectivity index (χ3v) is 18.1. The molecule has 0 amide bonds. The molecule has 5 heterocycles. The Morgan fingerprint density at radius 3 is 2.16 bits per heavy atom. The fraction of sp³-hybridized carbons (Fsp3) is 0.721. The van der Waals surface area contributed by atoms with E-state index in [-0.39, 0.29) is 90.4 Å². The molecule has 80 heavy (non-hydrogen) atoms. The van der Waals surface area contributed by atoms with Crippen molar-refractivity contribution < 1.29 is 106 Å². The number of rotatable bonds is 19. The number of esters is 1. The van der Waals surface area contributed by atoms with Crippen LogP contribution in [0.1, 0.15) is 162 Å². The van der Waals surface area contributed by atoms with Crippen LogP contribution in [-0.2, 0) is 50.6 Å². The Morgan fingerprint density at radius 1 is 0.875 bits per heavy atom. The maximum absolute atomic E-state index is 14.4. The van der Waals surface area contributed by atoms with Gasteiger partial charge in [-0.1, -0.05) is 91.8 Å². The van der Waals surface area contributed by atoms with Gasteiger partial charge in [0.25, 0.3) is 0 Å². The Balaban J connectivity index is 0.000000429. The van der Waals surface area contributed by atoms with Crippen LogP contribution >= 0.6 is 12.4 Å². The normalized spacial score (nSPS) is 34.5. The van der Waals surface area contributed by atoms with Crippen molar-refractivity contribution in [2.45, 2.75) is 225 Å². The predicted octanol–water partition coefficient (Wildman–Crippen LogP) is 6.36. The summed E-state index contributed by atoms with van der Waals surface area (Å²) in [7, 11) is 0. The van der Waals surface area contributed by atoms with E-state index >= 15 is 0 Å². The van der Waals surface area contributed by atoms with E-state index in [0.717, 1.165) is 18.6 Å². The monoisotopic (exact) mass is 1160 g/mol. The molecule has 19 unspecified atom stereocenters. The van der Waals surface area contributed by atoms with Crippen LogP contribution in [0.15, 0.2) is 66.7 Å². The molecule has 4 N–H and O–H groups in total. The number of carbonyl (C=O) groups is 3. The first-order valence-corrected chi connectivity index (χ1v) is 28.7. The number of benzene rings is 2. The Labute approximate surface area is 501 Å². The van der Waals surface area contributed by atoms with Crippen molar-refractivity contribution in [3.8, 4) is 0 Å². The molecule has 446 valence electrons. The van der Waals surface area contributed by atoms with Gasteiger partial charge >= 0.3 is 41.7 Å². The summed E-state index contributed by atoms with van der Waals surface area (Å²) < 4.78 is 76.7. The van der Waals surface area contributed by atoms with Crippen LogP contribution < -0.4 is 40.0 Å². The molecule has 0 saturated carbocycles. The second-order valence-corrected chi connectivity index (χ2v) is 23.7. The van der Waals surface area contributed by atoms with Crippen molar-refractivity contribution in [2.24, 2.45) is 41.4 Å². The van der Waals surface area contributed by atoms with Gasteiger partial charge in [-0.2, -0.15) is 13.2 Å². The Hall–Kier alpha value is -2.49. The van der Waals surface area contributed by atoms with Crippen LogP contribution in [0.25, 0.3) is 0 Å². The third kappa shape index (κ3) is 16.3. The summed E-state index contributed by atoms with van der Waals surface area (Å²) >= 11 is 0. The molecule has 0 aromatic heterocycles. The van der Waals surface area contributed by atoms with Gasteiger partial charge in [0, 0.05) is 54.6 Å². The van der Waals surface area contributed by atoms with Gasteiger partial charge in [0.15, 0.2) is 5.79 Å². The zero-order chi connectivity index (χ0) is 57.5. The van der Waals surface area contributed by atoms with Crippen molar-refractivity contribution in [1.82, 2.24) is 5.32 Å². The SMILES string of the molecule is CC(Cc1cccc(C(F)(F)F)c1)NCCOC(=O)c1ccccc1.CCC(C(=O)[O-])C1CCC(C)C(C(C)C(O)C(C)C(=O)C(CC)C2OC3(C=CC(O)C4(CCC(C)(C5CCC(O)(CC)C(C)O5)O4)O3)C(C)CC2C)O1.Cl.[Na+]. The number of ketones is 1. The number of carboxylic acids is 1. The molecule has 4 saturated heterocycles. The minimum atomic E-state index is -4.34. The zero-order valence-electron chi connectivity index (χ0n) is 49.2. The van der Waals surface area contributed by atoms with Crippen LogP contribution in [0.4, 0.5) is 13.2 Å². The molecule has 5 aliphatic rings. The minimum absolute atomic E-state index is 0. The first kappa shape index (κ1) is 70.0. The summed E-state index contributed by atoms with van der Waals surface area (Å²) in [5.41, 5.74) is -1.19. The molecule has 0 bridgehead atoms. The van der Waals surface area contributed by atoms with Gasteiger partial charge in [-0.05, 0) is 133 Å². The molecule has 5 aliphatic heterocycles. The number of hydrogen-bond donors (Lipinski definition) is 4. The number of nitrogens with one attached hydrogen (secondary N) is 1. The number of carboxylic acid groups (broad SMARTS) is 1. The molecule has 2 spiro atoms.